The van der Waals surface area contributed by atoms with E-state index in [0.29, 0.717) is 16.6 Å². The predicted octanol–water partition coefficient (Wildman–Crippen LogP) is 3.72. The van der Waals surface area contributed by atoms with Gasteiger partial charge in [-0.15, -0.1) is 10.2 Å². The zero-order chi connectivity index (χ0) is 22.0. The zero-order valence-electron chi connectivity index (χ0n) is 17.5. The minimum atomic E-state index is -0.666. The molecule has 0 fully saturated rings. The third kappa shape index (κ3) is 4.11. The zero-order valence-corrected chi connectivity index (χ0v) is 18.3. The average molecular weight is 446 g/mol. The van der Waals surface area contributed by atoms with Crippen molar-refractivity contribution in [1.82, 2.24) is 14.8 Å². The molecule has 2 aliphatic rings. The first-order valence-corrected chi connectivity index (χ1v) is 10.4. The summed E-state index contributed by atoms with van der Waals surface area (Å²) in [5, 5.41) is 8.86. The first-order chi connectivity index (χ1) is 15.1. The molecule has 1 unspecified atom stereocenters. The summed E-state index contributed by atoms with van der Waals surface area (Å²) in [6.45, 7) is 2.06. The highest BCUT2D eigenvalue weighted by molar-refractivity contribution is 6.30. The highest BCUT2D eigenvalue weighted by atomic mass is 35.5. The Morgan fingerprint density at radius 2 is 2.16 bits per heavy atom. The van der Waals surface area contributed by atoms with Gasteiger partial charge in [0.05, 0.1) is 31.9 Å². The van der Waals surface area contributed by atoms with Crippen LogP contribution in [0.1, 0.15) is 36.9 Å². The van der Waals surface area contributed by atoms with Crippen molar-refractivity contribution < 1.29 is 23.7 Å². The number of carbonyl (C=O) groups is 1. The molecule has 31 heavy (non-hydrogen) atoms. The second-order valence-electron chi connectivity index (χ2n) is 7.21. The Kier molecular flexibility index (Phi) is 6.41. The Balaban J connectivity index is 1.82. The van der Waals surface area contributed by atoms with Gasteiger partial charge in [-0.05, 0) is 31.2 Å². The van der Waals surface area contributed by atoms with Crippen LogP contribution >= 0.6 is 11.6 Å². The number of benzene rings is 1. The molecule has 8 nitrogen and oxygen atoms in total. The van der Waals surface area contributed by atoms with E-state index in [0.717, 1.165) is 11.3 Å². The Hall–Kier alpha value is -2.68. The van der Waals surface area contributed by atoms with Crippen molar-refractivity contribution in [2.75, 3.05) is 20.8 Å². The highest BCUT2D eigenvalue weighted by Crippen LogP contribution is 2.44. The van der Waals surface area contributed by atoms with Gasteiger partial charge < -0.3 is 18.9 Å². The normalized spacial score (nSPS) is 24.6. The molecule has 0 spiro atoms. The second kappa shape index (κ2) is 9.21. The molecule has 1 aromatic carbocycles. The summed E-state index contributed by atoms with van der Waals surface area (Å²) in [6.07, 6.45) is 5.88. The van der Waals surface area contributed by atoms with Gasteiger partial charge in [0.25, 0.3) is 0 Å². The molecule has 0 radical (unpaired) electrons. The molecule has 9 heteroatoms. The fraction of sp³-hybridized carbons (Fsp3) is 0.409. The van der Waals surface area contributed by atoms with Crippen LogP contribution in [0.25, 0.3) is 5.69 Å². The van der Waals surface area contributed by atoms with Crippen molar-refractivity contribution in [2.45, 2.75) is 31.7 Å². The lowest BCUT2D eigenvalue weighted by atomic mass is 9.86. The number of rotatable bonds is 6. The first-order valence-electron chi connectivity index (χ1n) is 10.0. The molecule has 2 aromatic rings. The van der Waals surface area contributed by atoms with E-state index in [1.165, 1.54) is 0 Å². The minimum absolute atomic E-state index is 0.00577. The van der Waals surface area contributed by atoms with Gasteiger partial charge in [-0.25, -0.2) is 0 Å². The molecule has 1 aliphatic carbocycles. The van der Waals surface area contributed by atoms with Crippen LogP contribution in [0.2, 0.25) is 5.02 Å². The van der Waals surface area contributed by atoms with E-state index < -0.39 is 12.2 Å². The Bertz CT molecular complexity index is 1020. The van der Waals surface area contributed by atoms with Crippen molar-refractivity contribution in [2.24, 2.45) is 5.92 Å². The number of fused-ring (bicyclic) bond motifs is 3. The molecule has 1 aromatic heterocycles. The largest absolute Gasteiger partial charge is 0.498 e. The maximum atomic E-state index is 12.3. The van der Waals surface area contributed by atoms with Crippen molar-refractivity contribution in [3.05, 3.63) is 64.9 Å². The van der Waals surface area contributed by atoms with Gasteiger partial charge in [-0.1, -0.05) is 23.8 Å². The lowest BCUT2D eigenvalue weighted by Gasteiger charge is -2.34. The highest BCUT2D eigenvalue weighted by Gasteiger charge is 2.41. The lowest BCUT2D eigenvalue weighted by Crippen LogP contribution is -2.33. The number of nitrogens with zero attached hydrogens (tertiary/aromatic N) is 3. The van der Waals surface area contributed by atoms with Crippen molar-refractivity contribution in [3.8, 4) is 5.69 Å². The summed E-state index contributed by atoms with van der Waals surface area (Å²) >= 11 is 6.37. The van der Waals surface area contributed by atoms with Crippen LogP contribution in [-0.4, -0.2) is 47.7 Å². The number of carbonyl (C=O) groups excluding carboxylic acids is 1. The van der Waals surface area contributed by atoms with E-state index in [4.69, 9.17) is 30.5 Å². The maximum absolute atomic E-state index is 12.3. The average Bonchev–Trinajstić information content (AvgIpc) is 3.21. The van der Waals surface area contributed by atoms with Gasteiger partial charge >= 0.3 is 5.97 Å². The van der Waals surface area contributed by atoms with Crippen LogP contribution in [0.3, 0.4) is 0 Å². The van der Waals surface area contributed by atoms with Gasteiger partial charge in [0, 0.05) is 23.6 Å². The van der Waals surface area contributed by atoms with Gasteiger partial charge in [0.2, 0.25) is 0 Å². The van der Waals surface area contributed by atoms with Gasteiger partial charge in [0.15, 0.2) is 5.82 Å². The molecule has 2 heterocycles. The summed E-state index contributed by atoms with van der Waals surface area (Å²) < 4.78 is 24.9. The smallest absolute Gasteiger partial charge is 0.308 e. The van der Waals surface area contributed by atoms with E-state index in [-0.39, 0.29) is 31.0 Å². The molecule has 0 amide bonds. The fourth-order valence-electron chi connectivity index (χ4n) is 4.12. The van der Waals surface area contributed by atoms with Crippen molar-refractivity contribution in [1.29, 1.82) is 0 Å². The van der Waals surface area contributed by atoms with E-state index in [2.05, 4.69) is 10.2 Å². The molecule has 4 atom stereocenters. The maximum Gasteiger partial charge on any atom is 0.308 e. The topological polar surface area (TPSA) is 84.7 Å². The molecule has 0 bridgehead atoms. The number of hydrogen-bond acceptors (Lipinski definition) is 7. The minimum Gasteiger partial charge on any atom is -0.498 e. The summed E-state index contributed by atoms with van der Waals surface area (Å²) in [4.78, 5) is 12.3. The fourth-order valence-corrected chi connectivity index (χ4v) is 4.30. The molecule has 164 valence electrons. The third-order valence-corrected chi connectivity index (χ3v) is 5.68. The standard InChI is InChI=1S/C22H24ClN3O5/c1-4-30-19(27)11-18-22-25-24-12-26(22)16-9-8-13(23)10-15(16)20(31-18)14-6-5-7-17(28-2)21(14)29-3/h5-10,12,14,18,20-21H,4,11H2,1-3H3/t14?,18-,20-,21+/m1/s1. The summed E-state index contributed by atoms with van der Waals surface area (Å²) in [5.41, 5.74) is 1.67. The number of methoxy groups -OCH3 is 2. The number of ether oxygens (including phenoxy) is 4. The molecule has 4 rings (SSSR count). The number of hydrogen-bond donors (Lipinski definition) is 0. The molecular weight excluding hydrogens is 422 g/mol. The Morgan fingerprint density at radius 1 is 1.32 bits per heavy atom. The molecule has 1 aliphatic heterocycles. The molecule has 0 N–H and O–H groups in total. The second-order valence-corrected chi connectivity index (χ2v) is 7.64. The van der Waals surface area contributed by atoms with Gasteiger partial charge in [-0.2, -0.15) is 0 Å². The van der Waals surface area contributed by atoms with Crippen molar-refractivity contribution in [3.63, 3.8) is 0 Å². The van der Waals surface area contributed by atoms with Crippen LogP contribution in [-0.2, 0) is 23.7 Å². The lowest BCUT2D eigenvalue weighted by molar-refractivity contribution is -0.149. The molecular formula is C22H24ClN3O5. The predicted molar refractivity (Wildman–Crippen MR) is 113 cm³/mol. The molecule has 0 saturated carbocycles. The van der Waals surface area contributed by atoms with E-state index >= 15 is 0 Å². The van der Waals surface area contributed by atoms with Gasteiger partial charge in [-0.3, -0.25) is 9.36 Å². The number of esters is 1. The number of allylic oxidation sites excluding steroid dienone is 2. The van der Waals surface area contributed by atoms with Crippen LogP contribution in [0.4, 0.5) is 0 Å². The summed E-state index contributed by atoms with van der Waals surface area (Å²) in [6, 6.07) is 5.57. The monoisotopic (exact) mass is 445 g/mol. The quantitative estimate of drug-likeness (QED) is 0.626. The van der Waals surface area contributed by atoms with Crippen LogP contribution < -0.4 is 0 Å². The van der Waals surface area contributed by atoms with Crippen LogP contribution in [0, 0.1) is 5.92 Å². The third-order valence-electron chi connectivity index (χ3n) is 5.45. The van der Waals surface area contributed by atoms with E-state index in [9.17, 15) is 4.79 Å². The van der Waals surface area contributed by atoms with E-state index in [1.807, 2.05) is 34.9 Å². The van der Waals surface area contributed by atoms with E-state index in [1.54, 1.807) is 33.5 Å². The molecule has 0 saturated heterocycles. The van der Waals surface area contributed by atoms with Crippen LogP contribution in [0.15, 0.2) is 48.5 Å². The SMILES string of the molecule is CCOC(=O)C[C@H]1O[C@H](C2C=CC=C(OC)[C@H]2OC)c2cc(Cl)ccc2-n2cnnc21. The number of aromatic nitrogens is 3. The van der Waals surface area contributed by atoms with Crippen molar-refractivity contribution >= 4 is 17.6 Å². The first kappa shape index (κ1) is 21.5. The number of halogens is 1. The van der Waals surface area contributed by atoms with Crippen LogP contribution in [0.5, 0.6) is 0 Å². The van der Waals surface area contributed by atoms with Gasteiger partial charge in [0.1, 0.15) is 24.3 Å². The summed E-state index contributed by atoms with van der Waals surface area (Å²) in [7, 11) is 3.24. The Labute approximate surface area is 185 Å². The Morgan fingerprint density at radius 3 is 2.90 bits per heavy atom. The summed E-state index contributed by atoms with van der Waals surface area (Å²) in [5.74, 6) is 0.609.